The van der Waals surface area contributed by atoms with E-state index in [0.717, 1.165) is 12.1 Å². The van der Waals surface area contributed by atoms with Crippen molar-refractivity contribution in [3.63, 3.8) is 0 Å². The molecule has 132 valence electrons. The first-order valence-electron chi connectivity index (χ1n) is 7.77. The van der Waals surface area contributed by atoms with Crippen LogP contribution in [0.25, 0.3) is 11.3 Å². The van der Waals surface area contributed by atoms with E-state index in [4.69, 9.17) is 5.11 Å². The molecular weight excluding hydrogens is 344 g/mol. The van der Waals surface area contributed by atoms with Crippen molar-refractivity contribution in [2.75, 3.05) is 19.3 Å². The molecule has 0 saturated carbocycles. The molecule has 1 aliphatic heterocycles. The smallest absolute Gasteiger partial charge is 0.337 e. The zero-order chi connectivity index (χ0) is 18.0. The Labute approximate surface area is 145 Å². The van der Waals surface area contributed by atoms with Gasteiger partial charge in [-0.3, -0.25) is 4.98 Å². The van der Waals surface area contributed by atoms with E-state index in [1.165, 1.54) is 29.2 Å². The lowest BCUT2D eigenvalue weighted by Crippen LogP contribution is -2.27. The van der Waals surface area contributed by atoms with Crippen LogP contribution in [0, 0.1) is 5.92 Å². The van der Waals surface area contributed by atoms with Crippen LogP contribution in [0.4, 0.5) is 0 Å². The van der Waals surface area contributed by atoms with Crippen molar-refractivity contribution < 1.29 is 18.3 Å². The topological polar surface area (TPSA) is 113 Å². The van der Waals surface area contributed by atoms with Crippen molar-refractivity contribution in [1.82, 2.24) is 19.3 Å². The van der Waals surface area contributed by atoms with E-state index < -0.39 is 16.0 Å². The number of hydrogen-bond donors (Lipinski definition) is 1. The highest BCUT2D eigenvalue weighted by atomic mass is 32.2. The molecular formula is C16H18N4O4S. The van der Waals surface area contributed by atoms with Crippen molar-refractivity contribution in [2.24, 2.45) is 5.92 Å². The normalized spacial score (nSPS) is 18.4. The Morgan fingerprint density at radius 1 is 1.32 bits per heavy atom. The van der Waals surface area contributed by atoms with Gasteiger partial charge in [-0.1, -0.05) is 0 Å². The highest BCUT2D eigenvalue weighted by Gasteiger charge is 2.28. The summed E-state index contributed by atoms with van der Waals surface area (Å²) < 4.78 is 24.7. The third kappa shape index (κ3) is 4.18. The number of carbonyl (C=O) groups is 1. The number of rotatable bonds is 5. The van der Waals surface area contributed by atoms with E-state index in [1.54, 1.807) is 12.3 Å². The minimum atomic E-state index is -3.16. The maximum atomic E-state index is 11.6. The van der Waals surface area contributed by atoms with Gasteiger partial charge < -0.3 is 5.11 Å². The summed E-state index contributed by atoms with van der Waals surface area (Å²) in [4.78, 5) is 23.5. The second-order valence-electron chi connectivity index (χ2n) is 6.14. The molecule has 3 heterocycles. The summed E-state index contributed by atoms with van der Waals surface area (Å²) in [6, 6.07) is 3.31. The Bertz CT molecular complexity index is 901. The molecule has 1 saturated heterocycles. The minimum absolute atomic E-state index is 0.0947. The molecule has 8 nitrogen and oxygen atoms in total. The fraction of sp³-hybridized carbons (Fsp3) is 0.375. The maximum absolute atomic E-state index is 11.6. The summed E-state index contributed by atoms with van der Waals surface area (Å²) in [5.41, 5.74) is 2.09. The molecule has 0 bridgehead atoms. The van der Waals surface area contributed by atoms with Crippen LogP contribution in [0.2, 0.25) is 0 Å². The molecule has 0 amide bonds. The molecule has 0 aliphatic carbocycles. The van der Waals surface area contributed by atoms with Crippen molar-refractivity contribution in [3.8, 4) is 11.3 Å². The molecule has 1 N–H and O–H groups in total. The molecule has 1 atom stereocenters. The molecule has 1 fully saturated rings. The third-order valence-electron chi connectivity index (χ3n) is 4.22. The molecule has 0 unspecified atom stereocenters. The average molecular weight is 362 g/mol. The van der Waals surface area contributed by atoms with Gasteiger partial charge in [-0.05, 0) is 30.9 Å². The van der Waals surface area contributed by atoms with Crippen molar-refractivity contribution >= 4 is 16.0 Å². The lowest BCUT2D eigenvalue weighted by atomic mass is 10.0. The number of carboxylic acids is 1. The predicted octanol–water partition coefficient (Wildman–Crippen LogP) is 1.06. The first-order valence-corrected chi connectivity index (χ1v) is 9.62. The van der Waals surface area contributed by atoms with Gasteiger partial charge in [0, 0.05) is 36.7 Å². The summed E-state index contributed by atoms with van der Waals surface area (Å²) in [5, 5.41) is 9.06. The lowest BCUT2D eigenvalue weighted by Gasteiger charge is -2.13. The van der Waals surface area contributed by atoms with Crippen LogP contribution in [0.15, 0.2) is 30.9 Å². The van der Waals surface area contributed by atoms with E-state index >= 15 is 0 Å². The van der Waals surface area contributed by atoms with Crippen LogP contribution >= 0.6 is 0 Å². The number of sulfonamides is 1. The van der Waals surface area contributed by atoms with Crippen LogP contribution in [0.5, 0.6) is 0 Å². The van der Waals surface area contributed by atoms with Gasteiger partial charge >= 0.3 is 5.97 Å². The maximum Gasteiger partial charge on any atom is 0.337 e. The van der Waals surface area contributed by atoms with Crippen LogP contribution in [0.1, 0.15) is 22.5 Å². The van der Waals surface area contributed by atoms with Crippen LogP contribution in [-0.2, 0) is 16.4 Å². The highest BCUT2D eigenvalue weighted by Crippen LogP contribution is 2.24. The van der Waals surface area contributed by atoms with Gasteiger partial charge in [0.1, 0.15) is 6.33 Å². The summed E-state index contributed by atoms with van der Waals surface area (Å²) in [5.74, 6) is -0.837. The van der Waals surface area contributed by atoms with E-state index in [9.17, 15) is 13.2 Å². The van der Waals surface area contributed by atoms with Gasteiger partial charge in [0.2, 0.25) is 10.0 Å². The first kappa shape index (κ1) is 17.4. The Balaban J connectivity index is 1.77. The fourth-order valence-electron chi connectivity index (χ4n) is 2.92. The predicted molar refractivity (Wildman–Crippen MR) is 90.5 cm³/mol. The Morgan fingerprint density at radius 3 is 2.80 bits per heavy atom. The summed E-state index contributed by atoms with van der Waals surface area (Å²) in [6.45, 7) is 1.03. The van der Waals surface area contributed by atoms with Gasteiger partial charge in [-0.15, -0.1) is 0 Å². The SMILES string of the molecule is CS(=O)(=O)N1CC[C@H](Cc2cc(-c3cncc(C(=O)O)c3)ncn2)C1. The first-order chi connectivity index (χ1) is 11.8. The zero-order valence-electron chi connectivity index (χ0n) is 13.7. The van der Waals surface area contributed by atoms with Gasteiger partial charge in [0.15, 0.2) is 0 Å². The van der Waals surface area contributed by atoms with Crippen LogP contribution in [0.3, 0.4) is 0 Å². The average Bonchev–Trinajstić information content (AvgIpc) is 3.04. The summed E-state index contributed by atoms with van der Waals surface area (Å²) in [6.07, 6.45) is 6.93. The molecule has 25 heavy (non-hydrogen) atoms. The van der Waals surface area contributed by atoms with Gasteiger partial charge in [0.25, 0.3) is 0 Å². The fourth-order valence-corrected chi connectivity index (χ4v) is 3.84. The second kappa shape index (κ2) is 6.85. The molecule has 0 aromatic carbocycles. The van der Waals surface area contributed by atoms with Gasteiger partial charge in [-0.25, -0.2) is 27.5 Å². The molecule has 2 aromatic rings. The number of nitrogens with zero attached hydrogens (tertiary/aromatic N) is 4. The summed E-state index contributed by atoms with van der Waals surface area (Å²) in [7, 11) is -3.16. The van der Waals surface area contributed by atoms with Crippen LogP contribution < -0.4 is 0 Å². The van der Waals surface area contributed by atoms with Crippen LogP contribution in [-0.4, -0.2) is 58.1 Å². The van der Waals surface area contributed by atoms with Gasteiger partial charge in [-0.2, -0.15) is 0 Å². The standard InChI is InChI=1S/C16H18N4O4S/c1-25(23,24)20-3-2-11(9-20)4-14-6-15(19-10-18-14)12-5-13(16(21)22)8-17-7-12/h5-8,10-11H,2-4,9H2,1H3,(H,21,22)/t11-/m1/s1. The second-order valence-corrected chi connectivity index (χ2v) is 8.12. The quantitative estimate of drug-likeness (QED) is 0.846. The molecule has 1 aliphatic rings. The molecule has 3 rings (SSSR count). The third-order valence-corrected chi connectivity index (χ3v) is 5.49. The molecule has 2 aromatic heterocycles. The number of carboxylic acid groups (broad SMARTS) is 1. The largest absolute Gasteiger partial charge is 0.478 e. The monoisotopic (exact) mass is 362 g/mol. The number of hydrogen-bond acceptors (Lipinski definition) is 6. The van der Waals surface area contributed by atoms with E-state index in [-0.39, 0.29) is 11.5 Å². The Morgan fingerprint density at radius 2 is 2.12 bits per heavy atom. The van der Waals surface area contributed by atoms with Crippen molar-refractivity contribution in [2.45, 2.75) is 12.8 Å². The van der Waals surface area contributed by atoms with Crippen molar-refractivity contribution in [3.05, 3.63) is 42.1 Å². The molecule has 0 radical (unpaired) electrons. The molecule has 0 spiro atoms. The minimum Gasteiger partial charge on any atom is -0.478 e. The summed E-state index contributed by atoms with van der Waals surface area (Å²) >= 11 is 0. The Kier molecular flexibility index (Phi) is 4.78. The van der Waals surface area contributed by atoms with E-state index in [0.29, 0.717) is 30.8 Å². The number of aromatic nitrogens is 3. The number of aromatic carboxylic acids is 1. The lowest BCUT2D eigenvalue weighted by molar-refractivity contribution is 0.0696. The van der Waals surface area contributed by atoms with Gasteiger partial charge in [0.05, 0.1) is 17.5 Å². The van der Waals surface area contributed by atoms with Crippen molar-refractivity contribution in [1.29, 1.82) is 0 Å². The Hall–Kier alpha value is -2.39. The number of pyridine rings is 1. The van der Waals surface area contributed by atoms with E-state index in [1.807, 2.05) is 0 Å². The zero-order valence-corrected chi connectivity index (χ0v) is 14.5. The van der Waals surface area contributed by atoms with E-state index in [2.05, 4.69) is 15.0 Å². The highest BCUT2D eigenvalue weighted by molar-refractivity contribution is 7.88. The molecule has 9 heteroatoms.